The first-order valence-electron chi connectivity index (χ1n) is 6.94. The van der Waals surface area contributed by atoms with Gasteiger partial charge < -0.3 is 4.90 Å². The number of rotatable bonds is 2. The first-order valence-corrected chi connectivity index (χ1v) is 7.32. The Morgan fingerprint density at radius 2 is 2.21 bits per heavy atom. The van der Waals surface area contributed by atoms with Gasteiger partial charge in [-0.2, -0.15) is 0 Å². The molecule has 1 aliphatic heterocycles. The monoisotopic (exact) mass is 280 g/mol. The van der Waals surface area contributed by atoms with Crippen molar-refractivity contribution in [1.82, 2.24) is 9.88 Å². The summed E-state index contributed by atoms with van der Waals surface area (Å²) in [6, 6.07) is 3.55. The molecule has 1 aromatic heterocycles. The number of nitrogens with zero attached hydrogens (tertiary/aromatic N) is 2. The number of amides is 1. The Bertz CT molecular complexity index is 473. The van der Waals surface area contributed by atoms with Crippen LogP contribution in [0.1, 0.15) is 55.6 Å². The lowest BCUT2D eigenvalue weighted by Crippen LogP contribution is -2.39. The minimum atomic E-state index is 0.0813. The van der Waals surface area contributed by atoms with Gasteiger partial charge in [-0.1, -0.05) is 32.4 Å². The van der Waals surface area contributed by atoms with Crippen LogP contribution in [0.25, 0.3) is 0 Å². The number of hydrogen-bond acceptors (Lipinski definition) is 2. The van der Waals surface area contributed by atoms with Gasteiger partial charge in [-0.3, -0.25) is 4.79 Å². The van der Waals surface area contributed by atoms with Crippen molar-refractivity contribution < 1.29 is 4.79 Å². The molecule has 1 fully saturated rings. The second-order valence-electron chi connectivity index (χ2n) is 5.76. The van der Waals surface area contributed by atoms with Gasteiger partial charge in [0.25, 0.3) is 5.91 Å². The number of carbonyl (C=O) groups excluding carboxylic acids is 1. The number of aromatic nitrogens is 1. The Balaban J connectivity index is 2.23. The number of likely N-dealkylation sites (tertiary alicyclic amines) is 1. The summed E-state index contributed by atoms with van der Waals surface area (Å²) in [5.74, 6) is 0.933. The van der Waals surface area contributed by atoms with Crippen LogP contribution in [0.3, 0.4) is 0 Å². The lowest BCUT2D eigenvalue weighted by atomic mass is 9.99. The second-order valence-corrected chi connectivity index (χ2v) is 6.14. The van der Waals surface area contributed by atoms with Gasteiger partial charge in [0.2, 0.25) is 0 Å². The lowest BCUT2D eigenvalue weighted by molar-refractivity contribution is 0.0683. The van der Waals surface area contributed by atoms with E-state index in [0.717, 1.165) is 25.2 Å². The molecule has 1 saturated heterocycles. The van der Waals surface area contributed by atoms with Gasteiger partial charge >= 0.3 is 0 Å². The Labute approximate surface area is 120 Å². The second kappa shape index (κ2) is 5.91. The van der Waals surface area contributed by atoms with E-state index >= 15 is 0 Å². The van der Waals surface area contributed by atoms with Crippen molar-refractivity contribution in [2.75, 3.05) is 13.1 Å². The maximum Gasteiger partial charge on any atom is 0.254 e. The van der Waals surface area contributed by atoms with E-state index in [1.165, 1.54) is 6.42 Å². The summed E-state index contributed by atoms with van der Waals surface area (Å²) in [5, 5.41) is 0.402. The van der Waals surface area contributed by atoms with Crippen molar-refractivity contribution in [2.24, 2.45) is 5.92 Å². The first kappa shape index (κ1) is 14.3. The Morgan fingerprint density at radius 3 is 2.84 bits per heavy atom. The Kier molecular flexibility index (Phi) is 4.46. The molecule has 104 valence electrons. The minimum Gasteiger partial charge on any atom is -0.338 e. The van der Waals surface area contributed by atoms with Gasteiger partial charge in [-0.15, -0.1) is 0 Å². The average molecular weight is 281 g/mol. The van der Waals surface area contributed by atoms with Crippen LogP contribution in [-0.2, 0) is 0 Å². The summed E-state index contributed by atoms with van der Waals surface area (Å²) in [6.07, 6.45) is 2.29. The van der Waals surface area contributed by atoms with E-state index in [-0.39, 0.29) is 11.8 Å². The van der Waals surface area contributed by atoms with E-state index in [2.05, 4.69) is 25.8 Å². The van der Waals surface area contributed by atoms with Crippen molar-refractivity contribution >= 4 is 17.5 Å². The summed E-state index contributed by atoms with van der Waals surface area (Å²) in [6.45, 7) is 7.99. The molecule has 0 bridgehead atoms. The number of carbonyl (C=O) groups is 1. The fourth-order valence-corrected chi connectivity index (χ4v) is 2.71. The molecule has 19 heavy (non-hydrogen) atoms. The zero-order valence-electron chi connectivity index (χ0n) is 11.8. The summed E-state index contributed by atoms with van der Waals surface area (Å²) in [5.41, 5.74) is 1.54. The van der Waals surface area contributed by atoms with Gasteiger partial charge in [0.05, 0.1) is 0 Å². The van der Waals surface area contributed by atoms with Crippen molar-refractivity contribution in [3.8, 4) is 0 Å². The normalized spacial score (nSPS) is 19.8. The standard InChI is InChI=1S/C15H21ClN2O/c1-10(2)13-7-12(8-14(16)17-13)15(19)18-6-4-5-11(3)9-18/h7-8,10-11H,4-6,9H2,1-3H3. The quantitative estimate of drug-likeness (QED) is 0.774. The molecule has 1 aliphatic rings. The Hall–Kier alpha value is -1.09. The summed E-state index contributed by atoms with van der Waals surface area (Å²) < 4.78 is 0. The SMILES string of the molecule is CC1CCCN(C(=O)c2cc(Cl)nc(C(C)C)c2)C1. The third-order valence-electron chi connectivity index (χ3n) is 3.60. The summed E-state index contributed by atoms with van der Waals surface area (Å²) in [4.78, 5) is 18.7. The van der Waals surface area contributed by atoms with E-state index < -0.39 is 0 Å². The molecule has 0 saturated carbocycles. The highest BCUT2D eigenvalue weighted by Crippen LogP contribution is 2.21. The number of halogens is 1. The lowest BCUT2D eigenvalue weighted by Gasteiger charge is -2.31. The molecular formula is C15H21ClN2O. The highest BCUT2D eigenvalue weighted by molar-refractivity contribution is 6.29. The Morgan fingerprint density at radius 1 is 1.47 bits per heavy atom. The van der Waals surface area contributed by atoms with E-state index in [1.807, 2.05) is 11.0 Å². The summed E-state index contributed by atoms with van der Waals surface area (Å²) in [7, 11) is 0. The van der Waals surface area contributed by atoms with Crippen LogP contribution in [0.15, 0.2) is 12.1 Å². The van der Waals surface area contributed by atoms with Crippen molar-refractivity contribution in [2.45, 2.75) is 39.5 Å². The topological polar surface area (TPSA) is 33.2 Å². The van der Waals surface area contributed by atoms with Gasteiger partial charge in [0.1, 0.15) is 5.15 Å². The van der Waals surface area contributed by atoms with Gasteiger partial charge in [-0.05, 0) is 36.8 Å². The van der Waals surface area contributed by atoms with Crippen LogP contribution in [-0.4, -0.2) is 28.9 Å². The maximum absolute atomic E-state index is 12.5. The predicted molar refractivity (Wildman–Crippen MR) is 77.6 cm³/mol. The molecule has 0 N–H and O–H groups in total. The van der Waals surface area contributed by atoms with E-state index in [9.17, 15) is 4.79 Å². The fraction of sp³-hybridized carbons (Fsp3) is 0.600. The molecule has 2 heterocycles. The predicted octanol–water partition coefficient (Wildman–Crippen LogP) is 3.73. The molecule has 0 aromatic carbocycles. The molecule has 0 spiro atoms. The van der Waals surface area contributed by atoms with Crippen LogP contribution in [0.2, 0.25) is 5.15 Å². The molecule has 0 aliphatic carbocycles. The fourth-order valence-electron chi connectivity index (χ4n) is 2.49. The van der Waals surface area contributed by atoms with E-state index in [4.69, 9.17) is 11.6 Å². The van der Waals surface area contributed by atoms with Crippen molar-refractivity contribution in [1.29, 1.82) is 0 Å². The first-order chi connectivity index (χ1) is 8.97. The van der Waals surface area contributed by atoms with Crippen LogP contribution in [0.4, 0.5) is 0 Å². The molecule has 0 radical (unpaired) electrons. The molecule has 2 rings (SSSR count). The smallest absolute Gasteiger partial charge is 0.254 e. The van der Waals surface area contributed by atoms with Gasteiger partial charge in [0.15, 0.2) is 0 Å². The molecular weight excluding hydrogens is 260 g/mol. The average Bonchev–Trinajstić information content (AvgIpc) is 2.37. The van der Waals surface area contributed by atoms with Crippen LogP contribution in [0, 0.1) is 5.92 Å². The van der Waals surface area contributed by atoms with Crippen LogP contribution < -0.4 is 0 Å². The highest BCUT2D eigenvalue weighted by Gasteiger charge is 2.23. The molecule has 1 atom stereocenters. The van der Waals surface area contributed by atoms with E-state index in [1.54, 1.807) is 6.07 Å². The van der Waals surface area contributed by atoms with Crippen molar-refractivity contribution in [3.63, 3.8) is 0 Å². The van der Waals surface area contributed by atoms with E-state index in [0.29, 0.717) is 16.6 Å². The van der Waals surface area contributed by atoms with Crippen LogP contribution in [0.5, 0.6) is 0 Å². The number of piperidine rings is 1. The molecule has 3 nitrogen and oxygen atoms in total. The largest absolute Gasteiger partial charge is 0.338 e. The highest BCUT2D eigenvalue weighted by atomic mass is 35.5. The molecule has 4 heteroatoms. The minimum absolute atomic E-state index is 0.0813. The summed E-state index contributed by atoms with van der Waals surface area (Å²) >= 11 is 6.02. The number of pyridine rings is 1. The zero-order chi connectivity index (χ0) is 14.0. The zero-order valence-corrected chi connectivity index (χ0v) is 12.6. The molecule has 1 aromatic rings. The maximum atomic E-state index is 12.5. The third kappa shape index (κ3) is 3.47. The van der Waals surface area contributed by atoms with Gasteiger partial charge in [-0.25, -0.2) is 4.98 Å². The molecule has 1 amide bonds. The van der Waals surface area contributed by atoms with Gasteiger partial charge in [0, 0.05) is 24.3 Å². The van der Waals surface area contributed by atoms with Crippen molar-refractivity contribution in [3.05, 3.63) is 28.5 Å². The third-order valence-corrected chi connectivity index (χ3v) is 3.79. The molecule has 1 unspecified atom stereocenters. The number of hydrogen-bond donors (Lipinski definition) is 0. The van der Waals surface area contributed by atoms with Crippen LogP contribution >= 0.6 is 11.6 Å².